The molecule has 1 aromatic heterocycles. The monoisotopic (exact) mass is 347 g/mol. The number of carbonyl (C=O) groups is 1. The molecule has 0 spiro atoms. The summed E-state index contributed by atoms with van der Waals surface area (Å²) in [6.07, 6.45) is 5.90. The summed E-state index contributed by atoms with van der Waals surface area (Å²) in [5.74, 6) is 0.615. The first kappa shape index (κ1) is 16.8. The number of hydrogen-bond donors (Lipinski definition) is 1. The molecule has 2 amide bonds. The Kier molecular flexibility index (Phi) is 5.35. The van der Waals surface area contributed by atoms with Gasteiger partial charge in [0.2, 0.25) is 0 Å². The number of amides is 2. The molecule has 3 rings (SSSR count). The lowest BCUT2D eigenvalue weighted by Gasteiger charge is -2.30. The van der Waals surface area contributed by atoms with E-state index in [9.17, 15) is 4.79 Å². The summed E-state index contributed by atoms with van der Waals surface area (Å²) >= 11 is 5.99. The van der Waals surface area contributed by atoms with E-state index < -0.39 is 0 Å². The summed E-state index contributed by atoms with van der Waals surface area (Å²) in [6, 6.07) is 7.81. The molecule has 2 aromatic rings. The number of nitrogens with one attached hydrogen (secondary N) is 1. The van der Waals surface area contributed by atoms with Crippen LogP contribution in [-0.2, 0) is 13.6 Å². The average molecular weight is 348 g/mol. The van der Waals surface area contributed by atoms with Crippen molar-refractivity contribution in [1.29, 1.82) is 0 Å². The van der Waals surface area contributed by atoms with Crippen molar-refractivity contribution < 1.29 is 4.79 Å². The van der Waals surface area contributed by atoms with Crippen LogP contribution in [-0.4, -0.2) is 32.2 Å². The number of aromatic nitrogens is 3. The number of aryl methyl sites for hydroxylation is 1. The molecule has 1 N–H and O–H groups in total. The molecular formula is C17H22ClN5O. The largest absolute Gasteiger partial charge is 0.331 e. The highest BCUT2D eigenvalue weighted by Crippen LogP contribution is 2.30. The van der Waals surface area contributed by atoms with Crippen LogP contribution in [0, 0.1) is 0 Å². The maximum Gasteiger partial charge on any atom is 0.318 e. The van der Waals surface area contributed by atoms with Crippen LogP contribution < -0.4 is 5.32 Å². The number of rotatable bonds is 3. The van der Waals surface area contributed by atoms with Gasteiger partial charge in [-0.25, -0.2) is 9.78 Å². The first-order valence-electron chi connectivity index (χ1n) is 8.28. The summed E-state index contributed by atoms with van der Waals surface area (Å²) in [5, 5.41) is 7.85. The molecule has 1 aromatic carbocycles. The van der Waals surface area contributed by atoms with Crippen LogP contribution >= 0.6 is 11.6 Å². The molecule has 128 valence electrons. The first-order chi connectivity index (χ1) is 11.6. The Morgan fingerprint density at radius 1 is 1.29 bits per heavy atom. The molecule has 7 heteroatoms. The van der Waals surface area contributed by atoms with E-state index in [4.69, 9.17) is 11.6 Å². The maximum absolute atomic E-state index is 12.7. The highest BCUT2D eigenvalue weighted by molar-refractivity contribution is 6.30. The van der Waals surface area contributed by atoms with Gasteiger partial charge in [0.1, 0.15) is 6.33 Å². The third-order valence-corrected chi connectivity index (χ3v) is 4.57. The van der Waals surface area contributed by atoms with E-state index in [-0.39, 0.29) is 12.1 Å². The van der Waals surface area contributed by atoms with Gasteiger partial charge in [0.05, 0.1) is 12.6 Å². The summed E-state index contributed by atoms with van der Waals surface area (Å²) in [6.45, 7) is 1.10. The Morgan fingerprint density at radius 3 is 2.79 bits per heavy atom. The van der Waals surface area contributed by atoms with Crippen LogP contribution in [0.2, 0.25) is 5.02 Å². The lowest BCUT2D eigenvalue weighted by Crippen LogP contribution is -2.42. The molecule has 2 heterocycles. The highest BCUT2D eigenvalue weighted by Gasteiger charge is 2.26. The third kappa shape index (κ3) is 4.06. The third-order valence-electron chi connectivity index (χ3n) is 4.31. The minimum absolute atomic E-state index is 0.0655. The molecule has 0 bridgehead atoms. The average Bonchev–Trinajstić information content (AvgIpc) is 2.84. The minimum Gasteiger partial charge on any atom is -0.331 e. The zero-order valence-corrected chi connectivity index (χ0v) is 14.5. The van der Waals surface area contributed by atoms with Crippen molar-refractivity contribution in [2.75, 3.05) is 6.54 Å². The molecule has 0 aliphatic carbocycles. The van der Waals surface area contributed by atoms with Gasteiger partial charge in [-0.05, 0) is 30.5 Å². The molecular weight excluding hydrogens is 326 g/mol. The van der Waals surface area contributed by atoms with Crippen molar-refractivity contribution in [3.05, 3.63) is 47.0 Å². The van der Waals surface area contributed by atoms with E-state index >= 15 is 0 Å². The van der Waals surface area contributed by atoms with Crippen molar-refractivity contribution in [3.8, 4) is 0 Å². The molecule has 0 radical (unpaired) electrons. The highest BCUT2D eigenvalue weighted by atomic mass is 35.5. The predicted octanol–water partition coefficient (Wildman–Crippen LogP) is 3.30. The van der Waals surface area contributed by atoms with Crippen LogP contribution in [0.3, 0.4) is 0 Å². The number of urea groups is 1. The van der Waals surface area contributed by atoms with E-state index in [2.05, 4.69) is 15.4 Å². The van der Waals surface area contributed by atoms with E-state index in [1.165, 1.54) is 0 Å². The Balaban J connectivity index is 1.71. The van der Waals surface area contributed by atoms with Gasteiger partial charge in [0.15, 0.2) is 5.82 Å². The van der Waals surface area contributed by atoms with Crippen LogP contribution in [0.25, 0.3) is 0 Å². The number of carbonyl (C=O) groups excluding carboxylic acids is 1. The van der Waals surface area contributed by atoms with Gasteiger partial charge in [-0.15, -0.1) is 0 Å². The zero-order valence-electron chi connectivity index (χ0n) is 13.8. The first-order valence-corrected chi connectivity index (χ1v) is 8.66. The topological polar surface area (TPSA) is 63.1 Å². The van der Waals surface area contributed by atoms with Crippen molar-refractivity contribution in [1.82, 2.24) is 25.0 Å². The fourth-order valence-electron chi connectivity index (χ4n) is 3.10. The SMILES string of the molecule is Cn1cnc(CNC(=O)N2CCCCC[C@H]2c2ccc(Cl)cc2)n1. The standard InChI is InChI=1S/C17H22ClN5O/c1-22-12-20-16(21-22)11-19-17(24)23-10-4-2-3-5-15(23)13-6-8-14(18)9-7-13/h6-9,12,15H,2-5,10-11H2,1H3,(H,19,24)/t15-/m0/s1. The van der Waals surface area contributed by atoms with Gasteiger partial charge < -0.3 is 10.2 Å². The molecule has 0 saturated carbocycles. The molecule has 1 saturated heterocycles. The second kappa shape index (κ2) is 7.66. The number of hydrogen-bond acceptors (Lipinski definition) is 3. The lowest BCUT2D eigenvalue weighted by molar-refractivity contribution is 0.175. The van der Waals surface area contributed by atoms with Gasteiger partial charge in [-0.1, -0.05) is 36.6 Å². The van der Waals surface area contributed by atoms with Crippen molar-refractivity contribution in [2.24, 2.45) is 7.05 Å². The molecule has 1 fully saturated rings. The Labute approximate surface area is 146 Å². The fraction of sp³-hybridized carbons (Fsp3) is 0.471. The summed E-state index contributed by atoms with van der Waals surface area (Å²) in [5.41, 5.74) is 1.13. The van der Waals surface area contributed by atoms with Gasteiger partial charge in [0, 0.05) is 18.6 Å². The van der Waals surface area contributed by atoms with E-state index in [1.807, 2.05) is 36.2 Å². The summed E-state index contributed by atoms with van der Waals surface area (Å²) < 4.78 is 1.63. The summed E-state index contributed by atoms with van der Waals surface area (Å²) in [4.78, 5) is 18.8. The molecule has 24 heavy (non-hydrogen) atoms. The predicted molar refractivity (Wildman–Crippen MR) is 92.6 cm³/mol. The van der Waals surface area contributed by atoms with E-state index in [0.29, 0.717) is 17.4 Å². The summed E-state index contributed by atoms with van der Waals surface area (Å²) in [7, 11) is 1.81. The van der Waals surface area contributed by atoms with Crippen LogP contribution in [0.4, 0.5) is 4.79 Å². The molecule has 0 unspecified atom stereocenters. The number of halogens is 1. The normalized spacial score (nSPS) is 18.2. The van der Waals surface area contributed by atoms with Crippen molar-refractivity contribution >= 4 is 17.6 Å². The van der Waals surface area contributed by atoms with Crippen LogP contribution in [0.1, 0.15) is 43.1 Å². The number of nitrogens with zero attached hydrogens (tertiary/aromatic N) is 4. The molecule has 1 aliphatic rings. The zero-order chi connectivity index (χ0) is 16.9. The lowest BCUT2D eigenvalue weighted by atomic mass is 10.0. The smallest absolute Gasteiger partial charge is 0.318 e. The number of likely N-dealkylation sites (tertiary alicyclic amines) is 1. The minimum atomic E-state index is -0.0655. The Morgan fingerprint density at radius 2 is 2.08 bits per heavy atom. The molecule has 1 atom stereocenters. The van der Waals surface area contributed by atoms with E-state index in [1.54, 1.807) is 11.0 Å². The maximum atomic E-state index is 12.7. The number of benzene rings is 1. The van der Waals surface area contributed by atoms with Crippen LogP contribution in [0.5, 0.6) is 0 Å². The molecule has 1 aliphatic heterocycles. The second-order valence-electron chi connectivity index (χ2n) is 6.10. The Bertz CT molecular complexity index is 685. The van der Waals surface area contributed by atoms with Crippen molar-refractivity contribution in [3.63, 3.8) is 0 Å². The van der Waals surface area contributed by atoms with Crippen LogP contribution in [0.15, 0.2) is 30.6 Å². The fourth-order valence-corrected chi connectivity index (χ4v) is 3.23. The Hall–Kier alpha value is -2.08. The second-order valence-corrected chi connectivity index (χ2v) is 6.54. The van der Waals surface area contributed by atoms with Gasteiger partial charge in [0.25, 0.3) is 0 Å². The molecule has 6 nitrogen and oxygen atoms in total. The van der Waals surface area contributed by atoms with Crippen molar-refractivity contribution in [2.45, 2.75) is 38.3 Å². The van der Waals surface area contributed by atoms with Gasteiger partial charge in [-0.2, -0.15) is 5.10 Å². The van der Waals surface area contributed by atoms with Gasteiger partial charge in [-0.3, -0.25) is 4.68 Å². The van der Waals surface area contributed by atoms with E-state index in [0.717, 1.165) is 37.8 Å². The van der Waals surface area contributed by atoms with Gasteiger partial charge >= 0.3 is 6.03 Å². The quantitative estimate of drug-likeness (QED) is 0.926.